The average molecular weight is 344 g/mol. The molecule has 0 radical (unpaired) electrons. The number of morpholine rings is 1. The number of rotatable bonds is 4. The first-order valence-corrected chi connectivity index (χ1v) is 9.56. The van der Waals surface area contributed by atoms with E-state index in [-0.39, 0.29) is 24.3 Å². The summed E-state index contributed by atoms with van der Waals surface area (Å²) in [4.78, 5) is 14.8. The Morgan fingerprint density at radius 1 is 1.16 bits per heavy atom. The minimum atomic E-state index is 0.0137. The van der Waals surface area contributed by atoms with Crippen molar-refractivity contribution in [3.63, 3.8) is 0 Å². The summed E-state index contributed by atoms with van der Waals surface area (Å²) in [5, 5.41) is 3.31. The van der Waals surface area contributed by atoms with E-state index in [2.05, 4.69) is 36.5 Å². The van der Waals surface area contributed by atoms with Crippen molar-refractivity contribution in [2.75, 3.05) is 26.3 Å². The molecule has 2 saturated heterocycles. The number of benzene rings is 1. The zero-order valence-electron chi connectivity index (χ0n) is 14.9. The molecule has 1 aromatic carbocycles. The molecule has 2 heterocycles. The minimum absolute atomic E-state index is 0.0137. The van der Waals surface area contributed by atoms with Crippen LogP contribution in [0.3, 0.4) is 0 Å². The molecular weight excluding hydrogens is 316 g/mol. The molecular formula is C20H28N2O3. The maximum Gasteiger partial charge on any atom is 0.318 e. The third-order valence-electron chi connectivity index (χ3n) is 5.66. The van der Waals surface area contributed by atoms with Crippen LogP contribution in [-0.4, -0.2) is 49.4 Å². The van der Waals surface area contributed by atoms with E-state index in [0.717, 1.165) is 19.4 Å². The van der Waals surface area contributed by atoms with Crippen LogP contribution < -0.4 is 5.32 Å². The highest BCUT2D eigenvalue weighted by molar-refractivity contribution is 5.75. The van der Waals surface area contributed by atoms with Crippen LogP contribution in [0.25, 0.3) is 0 Å². The Morgan fingerprint density at radius 2 is 1.96 bits per heavy atom. The number of urea groups is 1. The molecule has 0 bridgehead atoms. The van der Waals surface area contributed by atoms with Crippen LogP contribution in [0.5, 0.6) is 0 Å². The largest absolute Gasteiger partial charge is 0.375 e. The summed E-state index contributed by atoms with van der Waals surface area (Å²) < 4.78 is 11.6. The lowest BCUT2D eigenvalue weighted by Gasteiger charge is -2.36. The molecule has 1 N–H and O–H groups in total. The Hall–Kier alpha value is -1.59. The van der Waals surface area contributed by atoms with Gasteiger partial charge in [0.1, 0.15) is 6.10 Å². The number of carbonyl (C=O) groups is 1. The first-order chi connectivity index (χ1) is 12.2. The van der Waals surface area contributed by atoms with Gasteiger partial charge >= 0.3 is 6.03 Å². The molecule has 0 unspecified atom stereocenters. The van der Waals surface area contributed by atoms with Crippen molar-refractivity contribution in [1.29, 1.82) is 0 Å². The average Bonchev–Trinajstić information content (AvgIpc) is 3.33. The lowest BCUT2D eigenvalue weighted by atomic mass is 9.98. The van der Waals surface area contributed by atoms with Gasteiger partial charge in [-0.05, 0) is 49.7 Å². The highest BCUT2D eigenvalue weighted by Gasteiger charge is 2.37. The topological polar surface area (TPSA) is 50.8 Å². The third-order valence-corrected chi connectivity index (χ3v) is 5.66. The van der Waals surface area contributed by atoms with E-state index < -0.39 is 0 Å². The number of amides is 2. The van der Waals surface area contributed by atoms with E-state index in [1.54, 1.807) is 0 Å². The third kappa shape index (κ3) is 3.82. The summed E-state index contributed by atoms with van der Waals surface area (Å²) >= 11 is 0. The van der Waals surface area contributed by atoms with Gasteiger partial charge in [0.05, 0.1) is 25.3 Å². The smallest absolute Gasteiger partial charge is 0.318 e. The van der Waals surface area contributed by atoms with E-state index in [0.29, 0.717) is 25.6 Å². The predicted octanol–water partition coefficient (Wildman–Crippen LogP) is 3.04. The Balaban J connectivity index is 1.42. The lowest BCUT2D eigenvalue weighted by Crippen LogP contribution is -2.53. The van der Waals surface area contributed by atoms with E-state index in [9.17, 15) is 4.79 Å². The zero-order valence-corrected chi connectivity index (χ0v) is 14.9. The second-order valence-corrected chi connectivity index (χ2v) is 7.53. The zero-order chi connectivity index (χ0) is 17.2. The predicted molar refractivity (Wildman–Crippen MR) is 95.5 cm³/mol. The van der Waals surface area contributed by atoms with Crippen molar-refractivity contribution in [3.8, 4) is 0 Å². The number of nitrogens with one attached hydrogen (secondary N) is 1. The van der Waals surface area contributed by atoms with Gasteiger partial charge in [0.2, 0.25) is 0 Å². The maximum absolute atomic E-state index is 12.9. The van der Waals surface area contributed by atoms with Gasteiger partial charge in [-0.3, -0.25) is 0 Å². The van der Waals surface area contributed by atoms with Gasteiger partial charge < -0.3 is 19.7 Å². The van der Waals surface area contributed by atoms with Crippen molar-refractivity contribution < 1.29 is 14.3 Å². The van der Waals surface area contributed by atoms with Crippen LogP contribution in [0.15, 0.2) is 24.3 Å². The fourth-order valence-corrected chi connectivity index (χ4v) is 4.02. The summed E-state index contributed by atoms with van der Waals surface area (Å²) in [6.45, 7) is 4.81. The molecule has 1 aromatic rings. The van der Waals surface area contributed by atoms with Gasteiger partial charge in [0, 0.05) is 13.2 Å². The van der Waals surface area contributed by atoms with Gasteiger partial charge in [0.15, 0.2) is 0 Å². The molecule has 0 aromatic heterocycles. The van der Waals surface area contributed by atoms with Crippen LogP contribution in [0, 0.1) is 12.8 Å². The normalized spacial score (nSPS) is 28.0. The van der Waals surface area contributed by atoms with E-state index >= 15 is 0 Å². The number of ether oxygens (including phenoxy) is 2. The molecule has 0 spiro atoms. The summed E-state index contributed by atoms with van der Waals surface area (Å²) in [6.07, 6.45) is 4.68. The first-order valence-electron chi connectivity index (χ1n) is 9.56. The molecule has 3 fully saturated rings. The highest BCUT2D eigenvalue weighted by Crippen LogP contribution is 2.42. The number of nitrogens with zero attached hydrogens (tertiary/aromatic N) is 1. The fraction of sp³-hybridized carbons (Fsp3) is 0.650. The monoisotopic (exact) mass is 344 g/mol. The second-order valence-electron chi connectivity index (χ2n) is 7.53. The Morgan fingerprint density at radius 3 is 2.68 bits per heavy atom. The second kappa shape index (κ2) is 7.34. The minimum Gasteiger partial charge on any atom is -0.375 e. The number of hydrogen-bond donors (Lipinski definition) is 1. The molecule has 25 heavy (non-hydrogen) atoms. The van der Waals surface area contributed by atoms with Crippen LogP contribution in [-0.2, 0) is 9.47 Å². The molecule has 3 atom stereocenters. The van der Waals surface area contributed by atoms with Crippen molar-refractivity contribution in [2.24, 2.45) is 5.92 Å². The van der Waals surface area contributed by atoms with Crippen LogP contribution in [0.2, 0.25) is 0 Å². The quantitative estimate of drug-likeness (QED) is 0.913. The number of carbonyl (C=O) groups excluding carboxylic acids is 1. The number of hydrogen-bond acceptors (Lipinski definition) is 3. The molecule has 4 rings (SSSR count). The maximum atomic E-state index is 12.9. The summed E-state index contributed by atoms with van der Waals surface area (Å²) in [6, 6.07) is 8.54. The van der Waals surface area contributed by atoms with Crippen molar-refractivity contribution in [1.82, 2.24) is 10.2 Å². The Kier molecular flexibility index (Phi) is 4.95. The van der Waals surface area contributed by atoms with Crippen molar-refractivity contribution >= 4 is 6.03 Å². The molecule has 2 aliphatic heterocycles. The molecule has 5 nitrogen and oxygen atoms in total. The molecule has 2 amide bonds. The van der Waals surface area contributed by atoms with Gasteiger partial charge in [-0.2, -0.15) is 0 Å². The van der Waals surface area contributed by atoms with Crippen molar-refractivity contribution in [3.05, 3.63) is 35.4 Å². The fourth-order valence-electron chi connectivity index (χ4n) is 4.02. The van der Waals surface area contributed by atoms with Gasteiger partial charge in [-0.25, -0.2) is 4.79 Å². The van der Waals surface area contributed by atoms with Gasteiger partial charge in [0.25, 0.3) is 0 Å². The van der Waals surface area contributed by atoms with E-state index in [1.165, 1.54) is 24.0 Å². The summed E-state index contributed by atoms with van der Waals surface area (Å²) in [5.74, 6) is 0.569. The number of aryl methyl sites for hydroxylation is 1. The summed E-state index contributed by atoms with van der Waals surface area (Å²) in [5.41, 5.74) is 2.50. The molecule has 3 aliphatic rings. The Labute approximate surface area is 149 Å². The molecule has 1 saturated carbocycles. The van der Waals surface area contributed by atoms with Gasteiger partial charge in [-0.15, -0.1) is 0 Å². The lowest BCUT2D eigenvalue weighted by molar-refractivity contribution is -0.0850. The SMILES string of the molecule is Cc1ccccc1[C@H](NC(=O)N1CCO[C@@H]([C@@H]2CCCO2)C1)C1CC1. The highest BCUT2D eigenvalue weighted by atomic mass is 16.5. The molecule has 136 valence electrons. The van der Waals surface area contributed by atoms with Crippen molar-refractivity contribution in [2.45, 2.75) is 50.9 Å². The molecule has 1 aliphatic carbocycles. The first kappa shape index (κ1) is 16.9. The van der Waals surface area contributed by atoms with E-state index in [4.69, 9.17) is 9.47 Å². The van der Waals surface area contributed by atoms with Crippen LogP contribution in [0.4, 0.5) is 4.79 Å². The standard InChI is InChI=1S/C20H28N2O3/c1-14-5-2-3-6-16(14)19(15-8-9-15)21-20(23)22-10-12-25-18(13-22)17-7-4-11-24-17/h2-3,5-6,15,17-19H,4,7-13H2,1H3,(H,21,23)/t17-,18+,19+/m0/s1. The van der Waals surface area contributed by atoms with Crippen LogP contribution >= 0.6 is 0 Å². The Bertz CT molecular complexity index is 611. The summed E-state index contributed by atoms with van der Waals surface area (Å²) in [7, 11) is 0. The van der Waals surface area contributed by atoms with E-state index in [1.807, 2.05) is 4.90 Å². The van der Waals surface area contributed by atoms with Crippen LogP contribution in [0.1, 0.15) is 42.9 Å². The molecule has 5 heteroatoms. The van der Waals surface area contributed by atoms with Gasteiger partial charge in [-0.1, -0.05) is 24.3 Å².